The summed E-state index contributed by atoms with van der Waals surface area (Å²) >= 11 is 0. The molecule has 1 heterocycles. The number of aryl methyl sites for hydroxylation is 1. The van der Waals surface area contributed by atoms with Crippen LogP contribution >= 0.6 is 0 Å². The van der Waals surface area contributed by atoms with E-state index in [-0.39, 0.29) is 0 Å². The van der Waals surface area contributed by atoms with Crippen molar-refractivity contribution in [2.75, 3.05) is 27.2 Å². The number of hydrogen-bond donors (Lipinski definition) is 0. The van der Waals surface area contributed by atoms with Crippen LogP contribution in [-0.4, -0.2) is 37.8 Å². The van der Waals surface area contributed by atoms with Gasteiger partial charge in [0.1, 0.15) is 0 Å². The molecule has 0 saturated carbocycles. The van der Waals surface area contributed by atoms with Crippen molar-refractivity contribution in [3.63, 3.8) is 0 Å². The van der Waals surface area contributed by atoms with E-state index >= 15 is 0 Å². The van der Waals surface area contributed by atoms with E-state index in [4.69, 9.17) is 4.99 Å². The molecule has 0 aromatic heterocycles. The molecule has 1 atom stereocenters. The molecule has 0 aliphatic carbocycles. The lowest BCUT2D eigenvalue weighted by Gasteiger charge is -2.21. The third kappa shape index (κ3) is 4.31. The molecule has 2 rings (SSSR count). The Kier molecular flexibility index (Phi) is 5.54. The Morgan fingerprint density at radius 3 is 2.55 bits per heavy atom. The second kappa shape index (κ2) is 7.39. The van der Waals surface area contributed by atoms with Gasteiger partial charge in [0.25, 0.3) is 0 Å². The molecular formula is C18H26N2. The lowest BCUT2D eigenvalue weighted by atomic mass is 9.88. The maximum absolute atomic E-state index is 4.74. The molecule has 0 fully saturated rings. The number of hydrogen-bond acceptors (Lipinski definition) is 2. The Bertz CT molecular complexity index is 469. The maximum atomic E-state index is 4.74. The molecule has 108 valence electrons. The van der Waals surface area contributed by atoms with Crippen LogP contribution in [-0.2, 0) is 0 Å². The quantitative estimate of drug-likeness (QED) is 0.767. The summed E-state index contributed by atoms with van der Waals surface area (Å²) < 4.78 is 0. The van der Waals surface area contributed by atoms with Gasteiger partial charge in [-0.25, -0.2) is 0 Å². The van der Waals surface area contributed by atoms with Crippen LogP contribution in [0.4, 0.5) is 0 Å². The number of dihydropyridines is 1. The Morgan fingerprint density at radius 2 is 1.95 bits per heavy atom. The third-order valence-corrected chi connectivity index (χ3v) is 3.81. The molecule has 1 aliphatic heterocycles. The zero-order valence-corrected chi connectivity index (χ0v) is 13.0. The molecule has 0 amide bonds. The monoisotopic (exact) mass is 270 g/mol. The van der Waals surface area contributed by atoms with Gasteiger partial charge in [-0.1, -0.05) is 35.9 Å². The average molecular weight is 270 g/mol. The highest BCUT2D eigenvalue weighted by atomic mass is 15.0. The van der Waals surface area contributed by atoms with Crippen LogP contribution in [0.5, 0.6) is 0 Å². The van der Waals surface area contributed by atoms with Gasteiger partial charge < -0.3 is 4.90 Å². The molecule has 1 aromatic rings. The highest BCUT2D eigenvalue weighted by Crippen LogP contribution is 2.25. The van der Waals surface area contributed by atoms with Gasteiger partial charge in [0.2, 0.25) is 0 Å². The van der Waals surface area contributed by atoms with Gasteiger partial charge in [0.15, 0.2) is 0 Å². The molecule has 0 saturated heterocycles. The fourth-order valence-electron chi connectivity index (χ4n) is 2.65. The van der Waals surface area contributed by atoms with Crippen molar-refractivity contribution in [2.24, 2.45) is 4.99 Å². The summed E-state index contributed by atoms with van der Waals surface area (Å²) in [6.07, 6.45) is 7.95. The Hall–Kier alpha value is -1.41. The number of rotatable bonds is 6. The number of aliphatic imine (C=N–C) groups is 1. The summed E-state index contributed by atoms with van der Waals surface area (Å²) in [4.78, 5) is 7.00. The second-order valence-electron chi connectivity index (χ2n) is 5.91. The fraction of sp³-hybridized carbons (Fsp3) is 0.500. The van der Waals surface area contributed by atoms with Crippen molar-refractivity contribution >= 4 is 5.71 Å². The van der Waals surface area contributed by atoms with E-state index in [0.717, 1.165) is 19.5 Å². The molecule has 2 heteroatoms. The number of benzene rings is 1. The largest absolute Gasteiger partial charge is 0.309 e. The topological polar surface area (TPSA) is 15.6 Å². The third-order valence-electron chi connectivity index (χ3n) is 3.81. The van der Waals surface area contributed by atoms with Crippen LogP contribution in [0.3, 0.4) is 0 Å². The van der Waals surface area contributed by atoms with Crippen LogP contribution in [0, 0.1) is 6.92 Å². The molecule has 0 spiro atoms. The van der Waals surface area contributed by atoms with E-state index in [1.165, 1.54) is 29.7 Å². The Morgan fingerprint density at radius 1 is 1.20 bits per heavy atom. The minimum Gasteiger partial charge on any atom is -0.309 e. The minimum atomic E-state index is 0.451. The molecule has 1 aromatic carbocycles. The molecule has 0 radical (unpaired) electrons. The zero-order chi connectivity index (χ0) is 14.4. The molecule has 1 aliphatic rings. The smallest absolute Gasteiger partial charge is 0.0427 e. The lowest BCUT2D eigenvalue weighted by molar-refractivity contribution is 0.392. The van der Waals surface area contributed by atoms with Gasteiger partial charge in [-0.3, -0.25) is 4.99 Å². The number of allylic oxidation sites excluding steroid dienone is 1. The van der Waals surface area contributed by atoms with E-state index in [9.17, 15) is 0 Å². The normalized spacial score (nSPS) is 16.3. The standard InChI is InChI=1S/C18H26N2/c1-15-9-11-16(12-10-15)17(7-6-14-20(2)3)18-8-4-5-13-19-18/h4,8-12,17H,5-7,13-14H2,1-3H3. The first-order valence-electron chi connectivity index (χ1n) is 7.59. The van der Waals surface area contributed by atoms with Gasteiger partial charge in [0.05, 0.1) is 0 Å². The van der Waals surface area contributed by atoms with Gasteiger partial charge in [-0.15, -0.1) is 0 Å². The van der Waals surface area contributed by atoms with E-state index in [1.807, 2.05) is 0 Å². The first kappa shape index (κ1) is 15.0. The summed E-state index contributed by atoms with van der Waals surface area (Å²) in [6, 6.07) is 8.95. The van der Waals surface area contributed by atoms with Gasteiger partial charge in [-0.2, -0.15) is 0 Å². The van der Waals surface area contributed by atoms with Crippen molar-refractivity contribution in [3.8, 4) is 0 Å². The van der Waals surface area contributed by atoms with Crippen molar-refractivity contribution in [2.45, 2.75) is 32.1 Å². The van der Waals surface area contributed by atoms with Crippen LogP contribution < -0.4 is 0 Å². The fourth-order valence-corrected chi connectivity index (χ4v) is 2.65. The Balaban J connectivity index is 2.13. The number of nitrogens with zero attached hydrogens (tertiary/aromatic N) is 2. The molecular weight excluding hydrogens is 244 g/mol. The molecule has 0 bridgehead atoms. The average Bonchev–Trinajstić information content (AvgIpc) is 2.46. The second-order valence-corrected chi connectivity index (χ2v) is 5.91. The van der Waals surface area contributed by atoms with Crippen LogP contribution in [0.2, 0.25) is 0 Å². The van der Waals surface area contributed by atoms with Crippen LogP contribution in [0.1, 0.15) is 36.3 Å². The molecule has 2 nitrogen and oxygen atoms in total. The SMILES string of the molecule is Cc1ccc(C(CCCN(C)C)C2=NCCC=C2)cc1. The summed E-state index contributed by atoms with van der Waals surface area (Å²) in [5, 5.41) is 0. The van der Waals surface area contributed by atoms with E-state index < -0.39 is 0 Å². The van der Waals surface area contributed by atoms with Gasteiger partial charge >= 0.3 is 0 Å². The first-order valence-corrected chi connectivity index (χ1v) is 7.59. The van der Waals surface area contributed by atoms with Gasteiger partial charge in [-0.05, 0) is 58.5 Å². The maximum Gasteiger partial charge on any atom is 0.0427 e. The van der Waals surface area contributed by atoms with E-state index in [1.54, 1.807) is 0 Å². The summed E-state index contributed by atoms with van der Waals surface area (Å²) in [7, 11) is 4.28. The molecule has 0 N–H and O–H groups in total. The van der Waals surface area contributed by atoms with Crippen molar-refractivity contribution in [1.29, 1.82) is 0 Å². The summed E-state index contributed by atoms with van der Waals surface area (Å²) in [6.45, 7) is 4.23. The summed E-state index contributed by atoms with van der Waals surface area (Å²) in [5.41, 5.74) is 3.99. The van der Waals surface area contributed by atoms with Gasteiger partial charge in [0, 0.05) is 18.2 Å². The first-order chi connectivity index (χ1) is 9.66. The molecule has 1 unspecified atom stereocenters. The highest BCUT2D eigenvalue weighted by Gasteiger charge is 2.17. The van der Waals surface area contributed by atoms with E-state index in [0.29, 0.717) is 5.92 Å². The predicted molar refractivity (Wildman–Crippen MR) is 87.8 cm³/mol. The summed E-state index contributed by atoms with van der Waals surface area (Å²) in [5.74, 6) is 0.451. The lowest BCUT2D eigenvalue weighted by Crippen LogP contribution is -2.17. The Labute approximate surface area is 123 Å². The van der Waals surface area contributed by atoms with Crippen LogP contribution in [0.25, 0.3) is 0 Å². The van der Waals surface area contributed by atoms with Crippen molar-refractivity contribution in [3.05, 3.63) is 47.5 Å². The minimum absolute atomic E-state index is 0.451. The van der Waals surface area contributed by atoms with Crippen LogP contribution in [0.15, 0.2) is 41.4 Å². The zero-order valence-electron chi connectivity index (χ0n) is 13.0. The highest BCUT2D eigenvalue weighted by molar-refractivity contribution is 6.00. The van der Waals surface area contributed by atoms with E-state index in [2.05, 4.69) is 62.3 Å². The van der Waals surface area contributed by atoms with Crippen molar-refractivity contribution in [1.82, 2.24) is 4.90 Å². The predicted octanol–water partition coefficient (Wildman–Crippen LogP) is 3.82. The van der Waals surface area contributed by atoms with Crippen molar-refractivity contribution < 1.29 is 0 Å². The molecule has 20 heavy (non-hydrogen) atoms.